The Morgan fingerprint density at radius 2 is 1.55 bits per heavy atom. The van der Waals surface area contributed by atoms with Gasteiger partial charge in [-0.05, 0) is 47.3 Å². The minimum Gasteiger partial charge on any atom is -0.422 e. The maximum atomic E-state index is 12.3. The Labute approximate surface area is 132 Å². The Balaban J connectivity index is 2.47. The van der Waals surface area contributed by atoms with Gasteiger partial charge in [0, 0.05) is 16.5 Å². The number of benzene rings is 1. The lowest BCUT2D eigenvalue weighted by Gasteiger charge is -2.26. The third kappa shape index (κ3) is 2.39. The fraction of sp³-hybridized carbons (Fsp3) is 0.550. The summed E-state index contributed by atoms with van der Waals surface area (Å²) in [4.78, 5) is 12.3. The van der Waals surface area contributed by atoms with E-state index in [1.807, 2.05) is 0 Å². The van der Waals surface area contributed by atoms with Crippen LogP contribution in [0, 0.1) is 0 Å². The quantitative estimate of drug-likeness (QED) is 0.649. The summed E-state index contributed by atoms with van der Waals surface area (Å²) in [5.74, 6) is 0. The molecule has 118 valence electrons. The molecule has 1 aromatic heterocycles. The van der Waals surface area contributed by atoms with Crippen molar-refractivity contribution in [2.45, 2.75) is 71.6 Å². The smallest absolute Gasteiger partial charge is 0.339 e. The minimum absolute atomic E-state index is 0.0533. The van der Waals surface area contributed by atoms with E-state index in [1.165, 1.54) is 11.1 Å². The first-order valence-electron chi connectivity index (χ1n) is 8.22. The van der Waals surface area contributed by atoms with E-state index in [-0.39, 0.29) is 16.5 Å². The first-order valence-corrected chi connectivity index (χ1v) is 8.22. The van der Waals surface area contributed by atoms with Gasteiger partial charge in [0.15, 0.2) is 0 Å². The second kappa shape index (κ2) is 4.71. The van der Waals surface area contributed by atoms with Crippen molar-refractivity contribution in [1.82, 2.24) is 0 Å². The fourth-order valence-electron chi connectivity index (χ4n) is 3.37. The first-order chi connectivity index (χ1) is 10.1. The molecule has 1 heterocycles. The van der Waals surface area contributed by atoms with E-state index >= 15 is 0 Å². The van der Waals surface area contributed by atoms with Crippen LogP contribution in [0.3, 0.4) is 0 Å². The Kier molecular flexibility index (Phi) is 3.28. The maximum absolute atomic E-state index is 12.3. The van der Waals surface area contributed by atoms with Crippen LogP contribution < -0.4 is 5.63 Å². The van der Waals surface area contributed by atoms with Crippen molar-refractivity contribution < 1.29 is 4.42 Å². The van der Waals surface area contributed by atoms with Crippen molar-refractivity contribution in [2.24, 2.45) is 0 Å². The molecule has 0 aliphatic heterocycles. The normalized spacial score (nSPS) is 15.4. The fourth-order valence-corrected chi connectivity index (χ4v) is 3.37. The molecule has 3 rings (SSSR count). The Bertz CT molecular complexity index is 796. The predicted molar refractivity (Wildman–Crippen MR) is 91.9 cm³/mol. The van der Waals surface area contributed by atoms with E-state index in [0.29, 0.717) is 0 Å². The van der Waals surface area contributed by atoms with Crippen LogP contribution in [0.4, 0.5) is 0 Å². The molecular formula is C20H26O2. The summed E-state index contributed by atoms with van der Waals surface area (Å²) in [7, 11) is 0. The van der Waals surface area contributed by atoms with Crippen LogP contribution in [0.15, 0.2) is 21.3 Å². The number of fused-ring (bicyclic) bond motifs is 3. The molecule has 0 N–H and O–H groups in total. The predicted octanol–water partition coefficient (Wildman–Crippen LogP) is 4.88. The van der Waals surface area contributed by atoms with Crippen LogP contribution in [0.5, 0.6) is 0 Å². The summed E-state index contributed by atoms with van der Waals surface area (Å²) >= 11 is 0. The van der Waals surface area contributed by atoms with Crippen molar-refractivity contribution in [1.29, 1.82) is 0 Å². The summed E-state index contributed by atoms with van der Waals surface area (Å²) < 4.78 is 5.77. The average molecular weight is 298 g/mol. The van der Waals surface area contributed by atoms with E-state index in [0.717, 1.165) is 41.4 Å². The molecule has 1 aliphatic rings. The molecule has 0 unspecified atom stereocenters. The molecule has 0 spiro atoms. The maximum Gasteiger partial charge on any atom is 0.339 e. The van der Waals surface area contributed by atoms with Crippen molar-refractivity contribution in [3.05, 3.63) is 44.8 Å². The highest BCUT2D eigenvalue weighted by Crippen LogP contribution is 2.38. The van der Waals surface area contributed by atoms with Gasteiger partial charge in [-0.3, -0.25) is 0 Å². The molecule has 0 saturated heterocycles. The standard InChI is InChI=1S/C20H26O2/c1-19(2,3)12-10-15-13-8-7-9-14(13)18(21)22-17(15)16(11-12)20(4,5)6/h10-11H,7-9H2,1-6H3. The molecular weight excluding hydrogens is 272 g/mol. The highest BCUT2D eigenvalue weighted by Gasteiger charge is 2.27. The van der Waals surface area contributed by atoms with Crippen LogP contribution in [0.2, 0.25) is 0 Å². The number of hydrogen-bond donors (Lipinski definition) is 0. The van der Waals surface area contributed by atoms with Crippen LogP contribution in [0.25, 0.3) is 11.0 Å². The third-order valence-electron chi connectivity index (χ3n) is 4.75. The van der Waals surface area contributed by atoms with E-state index < -0.39 is 0 Å². The number of aryl methyl sites for hydroxylation is 1. The van der Waals surface area contributed by atoms with Crippen molar-refractivity contribution in [2.75, 3.05) is 0 Å². The minimum atomic E-state index is -0.131. The molecule has 1 aromatic carbocycles. The van der Waals surface area contributed by atoms with Crippen LogP contribution in [0.1, 0.15) is 70.2 Å². The van der Waals surface area contributed by atoms with E-state index in [2.05, 4.69) is 53.7 Å². The summed E-state index contributed by atoms with van der Waals surface area (Å²) in [6.07, 6.45) is 2.91. The van der Waals surface area contributed by atoms with Gasteiger partial charge in [-0.1, -0.05) is 47.6 Å². The lowest BCUT2D eigenvalue weighted by atomic mass is 9.79. The lowest BCUT2D eigenvalue weighted by Crippen LogP contribution is -2.18. The number of rotatable bonds is 0. The van der Waals surface area contributed by atoms with Crippen LogP contribution >= 0.6 is 0 Å². The average Bonchev–Trinajstić information content (AvgIpc) is 2.85. The topological polar surface area (TPSA) is 30.2 Å². The van der Waals surface area contributed by atoms with Gasteiger partial charge >= 0.3 is 5.63 Å². The zero-order valence-corrected chi connectivity index (χ0v) is 14.6. The summed E-state index contributed by atoms with van der Waals surface area (Å²) in [6, 6.07) is 4.48. The first kappa shape index (κ1) is 15.3. The number of hydrogen-bond acceptors (Lipinski definition) is 2. The molecule has 2 heteroatoms. The van der Waals surface area contributed by atoms with Crippen molar-refractivity contribution in [3.63, 3.8) is 0 Å². The highest BCUT2D eigenvalue weighted by molar-refractivity contribution is 5.86. The van der Waals surface area contributed by atoms with Gasteiger partial charge in [0.2, 0.25) is 0 Å². The summed E-state index contributed by atoms with van der Waals surface area (Å²) in [5.41, 5.74) is 5.27. The monoisotopic (exact) mass is 298 g/mol. The molecule has 0 atom stereocenters. The van der Waals surface area contributed by atoms with Gasteiger partial charge in [0.25, 0.3) is 0 Å². The molecule has 0 bridgehead atoms. The molecule has 2 aromatic rings. The molecule has 2 nitrogen and oxygen atoms in total. The molecule has 0 fully saturated rings. The van der Waals surface area contributed by atoms with Crippen molar-refractivity contribution in [3.8, 4) is 0 Å². The van der Waals surface area contributed by atoms with E-state index in [4.69, 9.17) is 4.42 Å². The second-order valence-corrected chi connectivity index (χ2v) is 8.60. The van der Waals surface area contributed by atoms with Crippen LogP contribution in [-0.2, 0) is 23.7 Å². The van der Waals surface area contributed by atoms with E-state index in [1.54, 1.807) is 0 Å². The van der Waals surface area contributed by atoms with Gasteiger partial charge in [-0.25, -0.2) is 4.79 Å². The molecule has 0 saturated carbocycles. The van der Waals surface area contributed by atoms with Gasteiger partial charge in [0.05, 0.1) is 0 Å². The highest BCUT2D eigenvalue weighted by atomic mass is 16.4. The molecule has 22 heavy (non-hydrogen) atoms. The van der Waals surface area contributed by atoms with Gasteiger partial charge in [-0.15, -0.1) is 0 Å². The van der Waals surface area contributed by atoms with E-state index in [9.17, 15) is 4.79 Å². The van der Waals surface area contributed by atoms with Crippen LogP contribution in [-0.4, -0.2) is 0 Å². The molecule has 0 amide bonds. The van der Waals surface area contributed by atoms with Gasteiger partial charge in [0.1, 0.15) is 5.58 Å². The van der Waals surface area contributed by atoms with Gasteiger partial charge in [-0.2, -0.15) is 0 Å². The summed E-state index contributed by atoms with van der Waals surface area (Å²) in [6.45, 7) is 13.3. The largest absolute Gasteiger partial charge is 0.422 e. The SMILES string of the molecule is CC(C)(C)c1cc(C(C)(C)C)c2oc(=O)c3c(c2c1)CCC3. The summed E-state index contributed by atoms with van der Waals surface area (Å²) in [5, 5.41) is 1.16. The second-order valence-electron chi connectivity index (χ2n) is 8.60. The molecule has 0 radical (unpaired) electrons. The molecule has 1 aliphatic carbocycles. The van der Waals surface area contributed by atoms with Gasteiger partial charge < -0.3 is 4.42 Å². The van der Waals surface area contributed by atoms with Crippen molar-refractivity contribution >= 4 is 11.0 Å². The lowest BCUT2D eigenvalue weighted by molar-refractivity contribution is 0.520. The Morgan fingerprint density at radius 3 is 2.14 bits per heavy atom. The third-order valence-corrected chi connectivity index (χ3v) is 4.75. The Morgan fingerprint density at radius 1 is 0.909 bits per heavy atom. The zero-order valence-electron chi connectivity index (χ0n) is 14.6. The zero-order chi connectivity index (χ0) is 16.3. The Hall–Kier alpha value is -1.57.